The van der Waals surface area contributed by atoms with Crippen molar-refractivity contribution in [1.82, 2.24) is 0 Å². The first-order valence-electron chi connectivity index (χ1n) is 3.58. The number of hydrogen-bond acceptors (Lipinski definition) is 5. The Morgan fingerprint density at radius 1 is 1.54 bits per heavy atom. The Hall–Kier alpha value is -0.420. The quantitative estimate of drug-likeness (QED) is 0.414. The molecule has 78 valence electrons. The molecule has 0 rings (SSSR count). The number of rotatable bonds is 5. The van der Waals surface area contributed by atoms with Gasteiger partial charge in [0.15, 0.2) is 0 Å². The largest absolute Gasteiger partial charge is 0.474 e. The first-order valence-corrected chi connectivity index (χ1v) is 5.08. The third kappa shape index (κ3) is 5.76. The van der Waals surface area contributed by atoms with Gasteiger partial charge < -0.3 is 9.63 Å². The highest BCUT2D eigenvalue weighted by Gasteiger charge is 2.19. The second-order valence-electron chi connectivity index (χ2n) is 2.52. The van der Waals surface area contributed by atoms with Gasteiger partial charge in [0.2, 0.25) is 6.79 Å². The smallest absolute Gasteiger partial charge is 0.438 e. The van der Waals surface area contributed by atoms with Crippen LogP contribution in [-0.2, 0) is 23.1 Å². The molecule has 1 unspecified atom stereocenters. The van der Waals surface area contributed by atoms with Gasteiger partial charge in [-0.25, -0.2) is 9.09 Å². The Morgan fingerprint density at radius 2 is 2.08 bits per heavy atom. The Bertz CT molecular complexity index is 213. The lowest BCUT2D eigenvalue weighted by atomic mass is 10.2. The van der Waals surface area contributed by atoms with Crippen LogP contribution in [0.2, 0.25) is 0 Å². The maximum atomic E-state index is 10.8. The summed E-state index contributed by atoms with van der Waals surface area (Å²) >= 11 is 0. The first-order chi connectivity index (χ1) is 5.89. The van der Waals surface area contributed by atoms with Crippen LogP contribution in [0.3, 0.4) is 0 Å². The number of carbonyl (C=O) groups excluding carboxylic acids is 1. The van der Waals surface area contributed by atoms with E-state index in [0.29, 0.717) is 0 Å². The molecule has 1 atom stereocenters. The lowest BCUT2D eigenvalue weighted by molar-refractivity contribution is -0.154. The van der Waals surface area contributed by atoms with Gasteiger partial charge in [0, 0.05) is 7.11 Å². The van der Waals surface area contributed by atoms with Crippen molar-refractivity contribution >= 4 is 13.8 Å². The molecule has 0 amide bonds. The van der Waals surface area contributed by atoms with Crippen molar-refractivity contribution in [2.24, 2.45) is 5.92 Å². The van der Waals surface area contributed by atoms with Crippen LogP contribution in [0.15, 0.2) is 0 Å². The molecule has 0 heterocycles. The zero-order valence-electron chi connectivity index (χ0n) is 7.72. The minimum absolute atomic E-state index is 0.302. The highest BCUT2D eigenvalue weighted by atomic mass is 31.2. The molecule has 13 heavy (non-hydrogen) atoms. The van der Waals surface area contributed by atoms with Crippen LogP contribution in [0.5, 0.6) is 0 Å². The summed E-state index contributed by atoms with van der Waals surface area (Å²) in [6.45, 7) is 2.69. The van der Waals surface area contributed by atoms with Gasteiger partial charge in [0.1, 0.15) is 0 Å². The van der Waals surface area contributed by atoms with E-state index in [1.165, 1.54) is 0 Å². The van der Waals surface area contributed by atoms with E-state index in [1.54, 1.807) is 13.8 Å². The lowest BCUT2D eigenvalue weighted by Crippen LogP contribution is -2.13. The van der Waals surface area contributed by atoms with Gasteiger partial charge in [-0.2, -0.15) is 0 Å². The molecule has 7 heteroatoms. The third-order valence-electron chi connectivity index (χ3n) is 1.12. The van der Waals surface area contributed by atoms with Gasteiger partial charge in [-0.05, 0) is 0 Å². The molecule has 0 saturated carbocycles. The molecule has 0 bridgehead atoms. The first kappa shape index (κ1) is 12.6. The fraction of sp³-hybridized carbons (Fsp3) is 0.833. The Morgan fingerprint density at radius 3 is 2.46 bits per heavy atom. The number of esters is 1. The van der Waals surface area contributed by atoms with Crippen molar-refractivity contribution in [3.63, 3.8) is 0 Å². The van der Waals surface area contributed by atoms with Crippen LogP contribution in [0.1, 0.15) is 13.8 Å². The van der Waals surface area contributed by atoms with Crippen molar-refractivity contribution in [2.45, 2.75) is 13.8 Å². The molecule has 0 aromatic heterocycles. The van der Waals surface area contributed by atoms with E-state index < -0.39 is 20.6 Å². The van der Waals surface area contributed by atoms with Gasteiger partial charge >= 0.3 is 13.8 Å². The van der Waals surface area contributed by atoms with Crippen molar-refractivity contribution in [1.29, 1.82) is 0 Å². The zero-order valence-corrected chi connectivity index (χ0v) is 8.61. The van der Waals surface area contributed by atoms with Crippen LogP contribution in [0.4, 0.5) is 0 Å². The molecule has 0 aliphatic carbocycles. The molecule has 0 aliphatic heterocycles. The minimum atomic E-state index is -4.04. The van der Waals surface area contributed by atoms with Crippen LogP contribution in [0.25, 0.3) is 0 Å². The van der Waals surface area contributed by atoms with Crippen LogP contribution >= 0.6 is 7.82 Å². The number of hydrogen-bond donors (Lipinski definition) is 1. The predicted octanol–water partition coefficient (Wildman–Crippen LogP) is 0.906. The highest BCUT2D eigenvalue weighted by molar-refractivity contribution is 7.47. The summed E-state index contributed by atoms with van der Waals surface area (Å²) in [6.07, 6.45) is 0. The summed E-state index contributed by atoms with van der Waals surface area (Å²) in [6, 6.07) is 0. The normalized spacial score (nSPS) is 15.5. The van der Waals surface area contributed by atoms with E-state index in [-0.39, 0.29) is 5.92 Å². The molecule has 0 saturated heterocycles. The van der Waals surface area contributed by atoms with Crippen LogP contribution < -0.4 is 0 Å². The fourth-order valence-electron chi connectivity index (χ4n) is 0.370. The van der Waals surface area contributed by atoms with Gasteiger partial charge in [-0.3, -0.25) is 9.32 Å². The molecule has 0 aromatic rings. The van der Waals surface area contributed by atoms with Crippen LogP contribution in [0, 0.1) is 5.92 Å². The number of ether oxygens (including phenoxy) is 1. The topological polar surface area (TPSA) is 82.1 Å². The lowest BCUT2D eigenvalue weighted by Gasteiger charge is -2.10. The minimum Gasteiger partial charge on any atom is -0.438 e. The zero-order chi connectivity index (χ0) is 10.5. The molecule has 0 aliphatic rings. The number of phosphoric acid groups is 1. The molecule has 1 N–H and O–H groups in total. The van der Waals surface area contributed by atoms with E-state index in [0.717, 1.165) is 7.11 Å². The maximum absolute atomic E-state index is 10.8. The monoisotopic (exact) mass is 212 g/mol. The van der Waals surface area contributed by atoms with Gasteiger partial charge in [-0.15, -0.1) is 0 Å². The third-order valence-corrected chi connectivity index (χ3v) is 2.01. The van der Waals surface area contributed by atoms with Crippen molar-refractivity contribution in [3.05, 3.63) is 0 Å². The average Bonchev–Trinajstić information content (AvgIpc) is 2.04. The van der Waals surface area contributed by atoms with E-state index in [2.05, 4.69) is 13.8 Å². The van der Waals surface area contributed by atoms with Gasteiger partial charge in [-0.1, -0.05) is 13.8 Å². The molecule has 0 radical (unpaired) electrons. The van der Waals surface area contributed by atoms with Crippen molar-refractivity contribution in [3.8, 4) is 0 Å². The summed E-state index contributed by atoms with van der Waals surface area (Å²) in [4.78, 5) is 19.5. The van der Waals surface area contributed by atoms with Crippen LogP contribution in [-0.4, -0.2) is 24.8 Å². The van der Waals surface area contributed by atoms with Gasteiger partial charge in [0.05, 0.1) is 5.92 Å². The van der Waals surface area contributed by atoms with Crippen molar-refractivity contribution in [2.75, 3.05) is 13.9 Å². The molecule has 0 fully saturated rings. The summed E-state index contributed by atoms with van der Waals surface area (Å²) in [5.41, 5.74) is 0. The van der Waals surface area contributed by atoms with E-state index >= 15 is 0 Å². The molecular formula is C6H13O6P. The molecule has 6 nitrogen and oxygen atoms in total. The predicted molar refractivity (Wildman–Crippen MR) is 43.7 cm³/mol. The standard InChI is InChI=1S/C6H13O6P/c1-5(2)6(7)11-4-12-13(8,9)10-3/h5H,4H2,1-3H3,(H,8,9). The molecular weight excluding hydrogens is 199 g/mol. The summed E-state index contributed by atoms with van der Waals surface area (Å²) in [7, 11) is -3.02. The number of phosphoric ester groups is 1. The van der Waals surface area contributed by atoms with E-state index in [1.807, 2.05) is 0 Å². The SMILES string of the molecule is COP(=O)(O)OCOC(=O)C(C)C. The highest BCUT2D eigenvalue weighted by Crippen LogP contribution is 2.41. The van der Waals surface area contributed by atoms with Crippen molar-refractivity contribution < 1.29 is 28.0 Å². The molecule has 0 spiro atoms. The second-order valence-corrected chi connectivity index (χ2v) is 4.08. The number of carbonyl (C=O) groups is 1. The summed E-state index contributed by atoms with van der Waals surface area (Å²) in [5, 5.41) is 0. The Balaban J connectivity index is 3.69. The average molecular weight is 212 g/mol. The fourth-order valence-corrected chi connectivity index (χ4v) is 0.662. The second kappa shape index (κ2) is 5.34. The summed E-state index contributed by atoms with van der Waals surface area (Å²) in [5.74, 6) is -0.805. The summed E-state index contributed by atoms with van der Waals surface area (Å²) < 4.78 is 23.4. The Kier molecular flexibility index (Phi) is 5.17. The van der Waals surface area contributed by atoms with E-state index in [4.69, 9.17) is 4.89 Å². The van der Waals surface area contributed by atoms with E-state index in [9.17, 15) is 9.36 Å². The molecule has 0 aromatic carbocycles. The Labute approximate surface area is 76.4 Å². The van der Waals surface area contributed by atoms with Gasteiger partial charge in [0.25, 0.3) is 0 Å². The maximum Gasteiger partial charge on any atom is 0.474 e.